The molecule has 2 heterocycles. The predicted octanol–water partition coefficient (Wildman–Crippen LogP) is 1.44. The van der Waals surface area contributed by atoms with Crippen molar-refractivity contribution in [3.05, 3.63) is 0 Å². The third-order valence-corrected chi connectivity index (χ3v) is 4.90. The van der Waals surface area contributed by atoms with E-state index >= 15 is 0 Å². The van der Waals surface area contributed by atoms with E-state index in [-0.39, 0.29) is 11.2 Å². The minimum absolute atomic E-state index is 0.0306. The van der Waals surface area contributed by atoms with Gasteiger partial charge in [0.15, 0.2) is 5.16 Å². The molecule has 1 unspecified atom stereocenters. The average molecular weight is 295 g/mol. The molecule has 2 fully saturated rings. The molecule has 1 saturated heterocycles. The number of hydrogen-bond acceptors (Lipinski definition) is 5. The molecule has 1 atom stereocenters. The normalized spacial score (nSPS) is 20.2. The van der Waals surface area contributed by atoms with Crippen molar-refractivity contribution in [2.45, 2.75) is 49.1 Å². The lowest BCUT2D eigenvalue weighted by Crippen LogP contribution is -2.27. The van der Waals surface area contributed by atoms with Crippen LogP contribution in [-0.4, -0.2) is 46.1 Å². The Morgan fingerprint density at radius 3 is 2.65 bits per heavy atom. The Balaban J connectivity index is 1.82. The fourth-order valence-corrected chi connectivity index (χ4v) is 3.52. The van der Waals surface area contributed by atoms with E-state index in [1.807, 2.05) is 6.92 Å². The maximum Gasteiger partial charge on any atom is 0.233 e. The summed E-state index contributed by atoms with van der Waals surface area (Å²) >= 11 is 1.50. The van der Waals surface area contributed by atoms with Gasteiger partial charge in [-0.2, -0.15) is 0 Å². The zero-order valence-electron chi connectivity index (χ0n) is 12.0. The van der Waals surface area contributed by atoms with E-state index in [0.717, 1.165) is 24.2 Å². The SMILES string of the molecule is CNC(=O)C(C)Sc1nnc(N2CCCC2)n1C1CC1. The highest BCUT2D eigenvalue weighted by molar-refractivity contribution is 8.00. The van der Waals surface area contributed by atoms with Crippen LogP contribution in [0, 0.1) is 0 Å². The maximum atomic E-state index is 11.7. The van der Waals surface area contributed by atoms with Gasteiger partial charge in [-0.15, -0.1) is 10.2 Å². The van der Waals surface area contributed by atoms with Gasteiger partial charge in [-0.3, -0.25) is 9.36 Å². The van der Waals surface area contributed by atoms with Crippen molar-refractivity contribution in [1.29, 1.82) is 0 Å². The van der Waals surface area contributed by atoms with Crippen molar-refractivity contribution in [3.8, 4) is 0 Å². The molecule has 0 aromatic carbocycles. The number of aromatic nitrogens is 3. The lowest BCUT2D eigenvalue weighted by atomic mass is 10.4. The first-order chi connectivity index (χ1) is 9.70. The standard InChI is InChI=1S/C13H21N5OS/c1-9(11(19)14-2)20-13-16-15-12(17-7-3-4-8-17)18(13)10-5-6-10/h9-10H,3-8H2,1-2H3,(H,14,19). The highest BCUT2D eigenvalue weighted by Crippen LogP contribution is 2.42. The van der Waals surface area contributed by atoms with Crippen LogP contribution in [0.3, 0.4) is 0 Å². The molecule has 1 N–H and O–H groups in total. The van der Waals surface area contributed by atoms with Crippen LogP contribution >= 0.6 is 11.8 Å². The quantitative estimate of drug-likeness (QED) is 0.833. The average Bonchev–Trinajstić information content (AvgIpc) is 2.99. The van der Waals surface area contributed by atoms with Crippen LogP contribution in [0.15, 0.2) is 5.16 Å². The highest BCUT2D eigenvalue weighted by Gasteiger charge is 2.33. The Morgan fingerprint density at radius 1 is 1.35 bits per heavy atom. The summed E-state index contributed by atoms with van der Waals surface area (Å²) in [5.74, 6) is 1.03. The molecule has 1 amide bonds. The molecule has 2 aliphatic rings. The van der Waals surface area contributed by atoms with E-state index in [9.17, 15) is 4.79 Å². The number of nitrogens with one attached hydrogen (secondary N) is 1. The van der Waals surface area contributed by atoms with Crippen molar-refractivity contribution in [1.82, 2.24) is 20.1 Å². The number of thioether (sulfide) groups is 1. The molecule has 0 spiro atoms. The number of hydrogen-bond donors (Lipinski definition) is 1. The monoisotopic (exact) mass is 295 g/mol. The van der Waals surface area contributed by atoms with Crippen LogP contribution in [0.1, 0.15) is 38.6 Å². The third kappa shape index (κ3) is 2.63. The van der Waals surface area contributed by atoms with Gasteiger partial charge in [-0.1, -0.05) is 11.8 Å². The summed E-state index contributed by atoms with van der Waals surface area (Å²) in [5, 5.41) is 12.1. The van der Waals surface area contributed by atoms with Gasteiger partial charge in [0, 0.05) is 26.2 Å². The smallest absolute Gasteiger partial charge is 0.233 e. The van der Waals surface area contributed by atoms with Crippen LogP contribution in [0.25, 0.3) is 0 Å². The maximum absolute atomic E-state index is 11.7. The first-order valence-electron chi connectivity index (χ1n) is 7.29. The molecular weight excluding hydrogens is 274 g/mol. The first-order valence-corrected chi connectivity index (χ1v) is 8.16. The second-order valence-electron chi connectivity index (χ2n) is 5.45. The van der Waals surface area contributed by atoms with E-state index in [4.69, 9.17) is 0 Å². The van der Waals surface area contributed by atoms with Gasteiger partial charge in [0.05, 0.1) is 5.25 Å². The van der Waals surface area contributed by atoms with Crippen molar-refractivity contribution < 1.29 is 4.79 Å². The number of carbonyl (C=O) groups is 1. The van der Waals surface area contributed by atoms with Crippen LogP contribution in [0.2, 0.25) is 0 Å². The van der Waals surface area contributed by atoms with Crippen LogP contribution in [0.5, 0.6) is 0 Å². The minimum atomic E-state index is -0.145. The van der Waals surface area contributed by atoms with E-state index in [1.165, 1.54) is 37.4 Å². The van der Waals surface area contributed by atoms with Crippen LogP contribution < -0.4 is 10.2 Å². The van der Waals surface area contributed by atoms with Crippen LogP contribution in [-0.2, 0) is 4.79 Å². The summed E-state index contributed by atoms with van der Waals surface area (Å²) in [6.07, 6.45) is 4.85. The molecule has 1 aliphatic heterocycles. The Labute approximate surface area is 123 Å². The minimum Gasteiger partial charge on any atom is -0.358 e. The first kappa shape index (κ1) is 13.7. The molecule has 1 aromatic heterocycles. The van der Waals surface area contributed by atoms with Crippen LogP contribution in [0.4, 0.5) is 5.95 Å². The molecule has 3 rings (SSSR count). The number of rotatable bonds is 5. The van der Waals surface area contributed by atoms with Crippen molar-refractivity contribution in [2.24, 2.45) is 0 Å². The molecule has 0 radical (unpaired) electrons. The van der Waals surface area contributed by atoms with Gasteiger partial charge < -0.3 is 10.2 Å². The molecule has 0 bridgehead atoms. The molecule has 1 saturated carbocycles. The molecule has 20 heavy (non-hydrogen) atoms. The predicted molar refractivity (Wildman–Crippen MR) is 79.1 cm³/mol. The topological polar surface area (TPSA) is 63.1 Å². The van der Waals surface area contributed by atoms with E-state index in [1.54, 1.807) is 7.05 Å². The summed E-state index contributed by atoms with van der Waals surface area (Å²) in [5.41, 5.74) is 0. The van der Waals surface area contributed by atoms with Gasteiger partial charge in [-0.25, -0.2) is 0 Å². The summed E-state index contributed by atoms with van der Waals surface area (Å²) in [7, 11) is 1.67. The van der Waals surface area contributed by atoms with Crippen molar-refractivity contribution in [3.63, 3.8) is 0 Å². The molecule has 6 nitrogen and oxygen atoms in total. The van der Waals surface area contributed by atoms with Gasteiger partial charge >= 0.3 is 0 Å². The number of nitrogens with zero attached hydrogens (tertiary/aromatic N) is 4. The van der Waals surface area contributed by atoms with E-state index in [2.05, 4.69) is 25.0 Å². The molecule has 1 aromatic rings. The fraction of sp³-hybridized carbons (Fsp3) is 0.769. The Hall–Kier alpha value is -1.24. The molecular formula is C13H21N5OS. The van der Waals surface area contributed by atoms with Gasteiger partial charge in [-0.05, 0) is 32.6 Å². The second kappa shape index (κ2) is 5.63. The highest BCUT2D eigenvalue weighted by atomic mass is 32.2. The summed E-state index contributed by atoms with van der Waals surface area (Å²) in [6.45, 7) is 4.05. The lowest BCUT2D eigenvalue weighted by Gasteiger charge is -2.18. The van der Waals surface area contributed by atoms with Gasteiger partial charge in [0.2, 0.25) is 11.9 Å². The Kier molecular flexibility index (Phi) is 3.87. The van der Waals surface area contributed by atoms with Gasteiger partial charge in [0.1, 0.15) is 0 Å². The zero-order valence-corrected chi connectivity index (χ0v) is 12.8. The summed E-state index contributed by atoms with van der Waals surface area (Å²) < 4.78 is 2.25. The third-order valence-electron chi connectivity index (χ3n) is 3.85. The van der Waals surface area contributed by atoms with Crippen molar-refractivity contribution >= 4 is 23.6 Å². The van der Waals surface area contributed by atoms with Gasteiger partial charge in [0.25, 0.3) is 0 Å². The number of anilines is 1. The molecule has 1 aliphatic carbocycles. The second-order valence-corrected chi connectivity index (χ2v) is 6.76. The largest absolute Gasteiger partial charge is 0.358 e. The number of carbonyl (C=O) groups excluding carboxylic acids is 1. The summed E-state index contributed by atoms with van der Waals surface area (Å²) in [6, 6.07) is 0.528. The lowest BCUT2D eigenvalue weighted by molar-refractivity contribution is -0.119. The Bertz CT molecular complexity index is 493. The van der Waals surface area contributed by atoms with Crippen molar-refractivity contribution in [2.75, 3.05) is 25.0 Å². The molecule has 110 valence electrons. The number of amides is 1. The fourth-order valence-electron chi connectivity index (χ4n) is 2.55. The van der Waals surface area contributed by atoms with E-state index < -0.39 is 0 Å². The van der Waals surface area contributed by atoms with E-state index in [0.29, 0.717) is 6.04 Å². The zero-order chi connectivity index (χ0) is 14.1. The summed E-state index contributed by atoms with van der Waals surface area (Å²) in [4.78, 5) is 14.0. The Morgan fingerprint density at radius 2 is 2.05 bits per heavy atom. The molecule has 7 heteroatoms.